The number of amides is 2. The molecule has 1 saturated carbocycles. The molecule has 2 N–H and O–H groups in total. The third-order valence-electron chi connectivity index (χ3n) is 9.83. The smallest absolute Gasteiger partial charge is 0.409 e. The first-order valence-corrected chi connectivity index (χ1v) is 17.0. The molecule has 0 spiro atoms. The van der Waals surface area contributed by atoms with E-state index in [-0.39, 0.29) is 24.1 Å². The third kappa shape index (κ3) is 7.60. The van der Waals surface area contributed by atoms with Gasteiger partial charge < -0.3 is 29.6 Å². The van der Waals surface area contributed by atoms with Gasteiger partial charge in [0.2, 0.25) is 0 Å². The zero-order chi connectivity index (χ0) is 33.7. The molecule has 2 aliphatic carbocycles. The molecule has 0 radical (unpaired) electrons. The SMILES string of the molecule is C=C1C/C=C(/C(NC(=O)C2(OC)CC2)c2cncn2C)c2cc(Cl)ccc2C(N2CCN(C(=O)OCC(C)CC)CC2)C1N/C=C\C. The van der Waals surface area contributed by atoms with Crippen LogP contribution >= 0.6 is 11.6 Å². The highest BCUT2D eigenvalue weighted by Gasteiger charge is 2.51. The number of halogens is 1. The van der Waals surface area contributed by atoms with Gasteiger partial charge >= 0.3 is 6.09 Å². The van der Waals surface area contributed by atoms with E-state index in [1.165, 1.54) is 0 Å². The average Bonchev–Trinajstić information content (AvgIpc) is 3.77. The molecule has 2 aromatic rings. The summed E-state index contributed by atoms with van der Waals surface area (Å²) >= 11 is 6.74. The van der Waals surface area contributed by atoms with Crippen LogP contribution in [-0.4, -0.2) is 82.9 Å². The number of nitrogens with zero attached hydrogens (tertiary/aromatic N) is 4. The van der Waals surface area contributed by atoms with Gasteiger partial charge in [-0.2, -0.15) is 0 Å². The normalized spacial score (nSPS) is 23.6. The molecule has 1 aromatic carbocycles. The molecule has 1 aliphatic heterocycles. The molecule has 1 aromatic heterocycles. The number of aromatic nitrogens is 2. The van der Waals surface area contributed by atoms with Crippen molar-refractivity contribution in [1.82, 2.24) is 30.0 Å². The standard InChI is InChI=1S/C36H49ClN6O4/c1-7-15-39-31-25(4)9-11-27(32(30-21-38-23-41(30)5)40-34(44)36(46-6)13-14-36)29-20-26(37)10-12-28(29)33(31)42-16-18-43(19-17-42)35(45)47-22-24(3)8-2/h7,10-12,15,20-21,23-24,31-33,39H,4,8-9,13-14,16-19,22H2,1-3,5-6H3,(H,40,44)/b15-7-,27-11+. The predicted octanol–water partition coefficient (Wildman–Crippen LogP) is 5.79. The van der Waals surface area contributed by atoms with Gasteiger partial charge in [-0.05, 0) is 72.7 Å². The van der Waals surface area contributed by atoms with Gasteiger partial charge in [-0.15, -0.1) is 0 Å². The molecule has 0 bridgehead atoms. The van der Waals surface area contributed by atoms with Crippen molar-refractivity contribution in [2.24, 2.45) is 13.0 Å². The first-order valence-electron chi connectivity index (χ1n) is 16.6. The summed E-state index contributed by atoms with van der Waals surface area (Å²) in [5.74, 6) is 0.187. The van der Waals surface area contributed by atoms with E-state index < -0.39 is 11.6 Å². The molecule has 2 fully saturated rings. The van der Waals surface area contributed by atoms with Crippen LogP contribution in [0.15, 0.2) is 61.2 Å². The second kappa shape index (κ2) is 15.1. The minimum Gasteiger partial charge on any atom is -0.449 e. The van der Waals surface area contributed by atoms with Crippen molar-refractivity contribution in [3.63, 3.8) is 0 Å². The number of aryl methyl sites for hydroxylation is 1. The van der Waals surface area contributed by atoms with E-state index in [1.807, 2.05) is 42.9 Å². The summed E-state index contributed by atoms with van der Waals surface area (Å²) in [5.41, 5.74) is 3.98. The first-order chi connectivity index (χ1) is 22.6. The number of allylic oxidation sites excluding steroid dienone is 2. The molecule has 2 heterocycles. The lowest BCUT2D eigenvalue weighted by Crippen LogP contribution is -2.54. The molecular weight excluding hydrogens is 616 g/mol. The van der Waals surface area contributed by atoms with Crippen LogP contribution in [0.5, 0.6) is 0 Å². The quantitative estimate of drug-likeness (QED) is 0.294. The highest BCUT2D eigenvalue weighted by molar-refractivity contribution is 6.30. The number of carbonyl (C=O) groups is 2. The van der Waals surface area contributed by atoms with Crippen LogP contribution in [0, 0.1) is 5.92 Å². The van der Waals surface area contributed by atoms with Crippen LogP contribution < -0.4 is 10.6 Å². The molecule has 2 amide bonds. The van der Waals surface area contributed by atoms with Crippen molar-refractivity contribution < 1.29 is 19.1 Å². The number of rotatable bonds is 11. The van der Waals surface area contributed by atoms with Crippen LogP contribution in [0.1, 0.15) is 75.4 Å². The number of ether oxygens (including phenoxy) is 2. The number of methoxy groups -OCH3 is 1. The lowest BCUT2D eigenvalue weighted by molar-refractivity contribution is -0.134. The number of hydrogen-bond donors (Lipinski definition) is 2. The molecule has 11 heteroatoms. The number of fused-ring (bicyclic) bond motifs is 1. The van der Waals surface area contributed by atoms with Gasteiger partial charge in [0.25, 0.3) is 5.91 Å². The summed E-state index contributed by atoms with van der Waals surface area (Å²) < 4.78 is 13.2. The van der Waals surface area contributed by atoms with Gasteiger partial charge in [0.15, 0.2) is 0 Å². The van der Waals surface area contributed by atoms with Crippen molar-refractivity contribution in [3.8, 4) is 0 Å². The Hall–Kier alpha value is -3.60. The Labute approximate surface area is 283 Å². The Bertz CT molecular complexity index is 1510. The lowest BCUT2D eigenvalue weighted by Gasteiger charge is -2.44. The van der Waals surface area contributed by atoms with E-state index in [0.717, 1.165) is 34.4 Å². The van der Waals surface area contributed by atoms with E-state index in [0.29, 0.717) is 63.0 Å². The topological polar surface area (TPSA) is 101 Å². The number of benzene rings is 1. The number of piperazine rings is 1. The second-order valence-corrected chi connectivity index (χ2v) is 13.4. The van der Waals surface area contributed by atoms with Crippen LogP contribution in [0.25, 0.3) is 5.57 Å². The van der Waals surface area contributed by atoms with E-state index in [1.54, 1.807) is 24.5 Å². The predicted molar refractivity (Wildman–Crippen MR) is 185 cm³/mol. The minimum atomic E-state index is -0.806. The van der Waals surface area contributed by atoms with Gasteiger partial charge in [-0.25, -0.2) is 9.78 Å². The summed E-state index contributed by atoms with van der Waals surface area (Å²) in [4.78, 5) is 35.2. The third-order valence-corrected chi connectivity index (χ3v) is 10.1. The molecule has 47 heavy (non-hydrogen) atoms. The van der Waals surface area contributed by atoms with Crippen LogP contribution in [0.4, 0.5) is 4.79 Å². The molecule has 1 saturated heterocycles. The zero-order valence-electron chi connectivity index (χ0n) is 28.3. The summed E-state index contributed by atoms with van der Waals surface area (Å²) in [6, 6.07) is 5.24. The Morgan fingerprint density at radius 2 is 1.98 bits per heavy atom. The summed E-state index contributed by atoms with van der Waals surface area (Å²) in [6.45, 7) is 13.6. The van der Waals surface area contributed by atoms with Crippen molar-refractivity contribution in [2.75, 3.05) is 39.9 Å². The molecule has 3 aliphatic rings. The fourth-order valence-corrected chi connectivity index (χ4v) is 6.64. The monoisotopic (exact) mass is 664 g/mol. The summed E-state index contributed by atoms with van der Waals surface area (Å²) in [5, 5.41) is 7.55. The van der Waals surface area contributed by atoms with Gasteiger partial charge in [0.05, 0.1) is 43.0 Å². The highest BCUT2D eigenvalue weighted by atomic mass is 35.5. The van der Waals surface area contributed by atoms with Crippen LogP contribution in [0.2, 0.25) is 5.02 Å². The van der Waals surface area contributed by atoms with Crippen molar-refractivity contribution in [2.45, 2.75) is 70.2 Å². The average molecular weight is 665 g/mol. The van der Waals surface area contributed by atoms with Gasteiger partial charge in [0, 0.05) is 45.4 Å². The van der Waals surface area contributed by atoms with Crippen molar-refractivity contribution in [3.05, 3.63) is 83.1 Å². The number of nitrogens with one attached hydrogen (secondary N) is 2. The van der Waals surface area contributed by atoms with Crippen LogP contribution in [0.3, 0.4) is 0 Å². The van der Waals surface area contributed by atoms with E-state index in [4.69, 9.17) is 21.1 Å². The fraction of sp³-hybridized carbons (Fsp3) is 0.528. The lowest BCUT2D eigenvalue weighted by atomic mass is 9.80. The fourth-order valence-electron chi connectivity index (χ4n) is 6.47. The Balaban J connectivity index is 1.53. The van der Waals surface area contributed by atoms with Crippen molar-refractivity contribution in [1.29, 1.82) is 0 Å². The van der Waals surface area contributed by atoms with E-state index in [9.17, 15) is 9.59 Å². The summed E-state index contributed by atoms with van der Waals surface area (Å²) in [7, 11) is 3.52. The van der Waals surface area contributed by atoms with Gasteiger partial charge in [0.1, 0.15) is 5.60 Å². The molecule has 4 unspecified atom stereocenters. The Kier molecular flexibility index (Phi) is 11.1. The number of hydrogen-bond acceptors (Lipinski definition) is 7. The largest absolute Gasteiger partial charge is 0.449 e. The molecule has 10 nitrogen and oxygen atoms in total. The zero-order valence-corrected chi connectivity index (χ0v) is 29.1. The molecular formula is C36H49ClN6O4. The van der Waals surface area contributed by atoms with Crippen LogP contribution in [-0.2, 0) is 21.3 Å². The summed E-state index contributed by atoms with van der Waals surface area (Å²) in [6.07, 6.45) is 12.3. The van der Waals surface area contributed by atoms with Gasteiger partial charge in [-0.3, -0.25) is 9.69 Å². The molecule has 4 atom stereocenters. The Morgan fingerprint density at radius 3 is 2.60 bits per heavy atom. The first kappa shape index (κ1) is 34.7. The maximum atomic E-state index is 13.7. The van der Waals surface area contributed by atoms with Crippen molar-refractivity contribution >= 4 is 29.2 Å². The molecule has 5 rings (SSSR count). The maximum absolute atomic E-state index is 13.7. The maximum Gasteiger partial charge on any atom is 0.409 e. The van der Waals surface area contributed by atoms with E-state index in [2.05, 4.69) is 53.1 Å². The number of imidazole rings is 1. The highest BCUT2D eigenvalue weighted by Crippen LogP contribution is 2.44. The molecule has 254 valence electrons. The second-order valence-electron chi connectivity index (χ2n) is 13.0. The Morgan fingerprint density at radius 1 is 1.23 bits per heavy atom. The van der Waals surface area contributed by atoms with E-state index >= 15 is 0 Å². The number of carbonyl (C=O) groups excluding carboxylic acids is 2. The minimum absolute atomic E-state index is 0.124. The van der Waals surface area contributed by atoms with Gasteiger partial charge in [-0.1, -0.05) is 56.7 Å².